The number of rotatable bonds is 2. The quantitative estimate of drug-likeness (QED) is 0.281. The van der Waals surface area contributed by atoms with Gasteiger partial charge in [0.15, 0.2) is 0 Å². The lowest BCUT2D eigenvalue weighted by Crippen LogP contribution is -1.98. The van der Waals surface area contributed by atoms with Crippen LogP contribution in [-0.4, -0.2) is 17.5 Å². The molecule has 0 rings (SSSR count). The van der Waals surface area contributed by atoms with Gasteiger partial charge in [-0.2, -0.15) is 0 Å². The molecule has 0 spiro atoms. The molecule has 0 fully saturated rings. The van der Waals surface area contributed by atoms with E-state index in [1.54, 1.807) is 6.92 Å². The minimum Gasteiger partial charge on any atom is -0.483 e. The Hall–Kier alpha value is -1.58. The van der Waals surface area contributed by atoms with Gasteiger partial charge in [-0.15, -0.1) is 0 Å². The molecule has 0 aromatic rings. The van der Waals surface area contributed by atoms with Crippen LogP contribution >= 0.6 is 0 Å². The summed E-state index contributed by atoms with van der Waals surface area (Å²) >= 11 is 0. The molecule has 0 saturated heterocycles. The van der Waals surface area contributed by atoms with E-state index in [2.05, 4.69) is 17.9 Å². The number of ether oxygens (including phenoxy) is 1. The summed E-state index contributed by atoms with van der Waals surface area (Å²) in [5.41, 5.74) is 0.380. The van der Waals surface area contributed by atoms with Crippen LogP contribution in [-0.2, 0) is 14.3 Å². The third kappa shape index (κ3) is 11.8. The van der Waals surface area contributed by atoms with Crippen LogP contribution < -0.4 is 0 Å². The van der Waals surface area contributed by atoms with E-state index in [-0.39, 0.29) is 6.47 Å². The minimum atomic E-state index is -0.431. The largest absolute Gasteiger partial charge is 0.483 e. The fraction of sp³-hybridized carbons (Fsp3) is 0.143. The second-order valence-electron chi connectivity index (χ2n) is 1.46. The monoisotopic (exact) mass is 158 g/mol. The maximum absolute atomic E-state index is 10.3. The molecule has 0 saturated carbocycles. The van der Waals surface area contributed by atoms with E-state index in [0.29, 0.717) is 5.57 Å². The van der Waals surface area contributed by atoms with Gasteiger partial charge in [0, 0.05) is 5.57 Å². The summed E-state index contributed by atoms with van der Waals surface area (Å²) in [6.07, 6.45) is 1.08. The first-order valence-electron chi connectivity index (χ1n) is 2.65. The fourth-order valence-corrected chi connectivity index (χ4v) is 0.176. The number of carboxylic acid groups (broad SMARTS) is 1. The molecule has 0 amide bonds. The summed E-state index contributed by atoms with van der Waals surface area (Å²) in [5, 5.41) is 6.89. The third-order valence-electron chi connectivity index (χ3n) is 0.539. The van der Waals surface area contributed by atoms with Crippen molar-refractivity contribution in [3.8, 4) is 0 Å². The molecule has 0 radical (unpaired) electrons. The molecule has 0 atom stereocenters. The van der Waals surface area contributed by atoms with Gasteiger partial charge >= 0.3 is 5.97 Å². The first-order valence-corrected chi connectivity index (χ1v) is 2.65. The second kappa shape index (κ2) is 8.42. The highest BCUT2D eigenvalue weighted by Gasteiger charge is 1.97. The number of hydrogen-bond donors (Lipinski definition) is 1. The van der Waals surface area contributed by atoms with E-state index in [0.717, 1.165) is 6.26 Å². The van der Waals surface area contributed by atoms with Gasteiger partial charge in [-0.25, -0.2) is 4.79 Å². The first-order chi connectivity index (χ1) is 5.09. The lowest BCUT2D eigenvalue weighted by Gasteiger charge is -1.92. The van der Waals surface area contributed by atoms with Crippen LogP contribution in [0.5, 0.6) is 0 Å². The summed E-state index contributed by atoms with van der Waals surface area (Å²) in [5.74, 6) is -0.431. The lowest BCUT2D eigenvalue weighted by atomic mass is 10.4. The highest BCUT2D eigenvalue weighted by Crippen LogP contribution is 1.90. The maximum atomic E-state index is 10.3. The van der Waals surface area contributed by atoms with Gasteiger partial charge in [0.1, 0.15) is 0 Å². The van der Waals surface area contributed by atoms with Crippen LogP contribution in [0.2, 0.25) is 0 Å². The molecular formula is C7H10O4. The number of esters is 1. The van der Waals surface area contributed by atoms with E-state index in [4.69, 9.17) is 9.90 Å². The van der Waals surface area contributed by atoms with E-state index in [9.17, 15) is 4.79 Å². The van der Waals surface area contributed by atoms with Crippen LogP contribution in [0.25, 0.3) is 0 Å². The van der Waals surface area contributed by atoms with Crippen LogP contribution in [0, 0.1) is 0 Å². The zero-order valence-corrected chi connectivity index (χ0v) is 6.24. The van der Waals surface area contributed by atoms with Crippen molar-refractivity contribution >= 4 is 12.4 Å². The van der Waals surface area contributed by atoms with Crippen molar-refractivity contribution in [2.75, 3.05) is 0 Å². The molecule has 0 aliphatic carbocycles. The van der Waals surface area contributed by atoms with E-state index >= 15 is 0 Å². The Balaban J connectivity index is 0. The normalized spacial score (nSPS) is 6.64. The van der Waals surface area contributed by atoms with Crippen LogP contribution in [0.15, 0.2) is 25.0 Å². The van der Waals surface area contributed by atoms with Gasteiger partial charge in [-0.05, 0) is 6.92 Å². The Labute approximate surface area is 64.8 Å². The molecule has 0 unspecified atom stereocenters. The Morgan fingerprint density at radius 2 is 2.00 bits per heavy atom. The summed E-state index contributed by atoms with van der Waals surface area (Å²) < 4.78 is 4.33. The average Bonchev–Trinajstić information content (AvgIpc) is 1.90. The average molecular weight is 158 g/mol. The summed E-state index contributed by atoms with van der Waals surface area (Å²) in [6.45, 7) is 7.88. The molecule has 11 heavy (non-hydrogen) atoms. The smallest absolute Gasteiger partial charge is 0.337 e. The Kier molecular flexibility index (Phi) is 9.29. The second-order valence-corrected chi connectivity index (χ2v) is 1.46. The maximum Gasteiger partial charge on any atom is 0.337 e. The zero-order valence-electron chi connectivity index (χ0n) is 6.24. The van der Waals surface area contributed by atoms with Crippen LogP contribution in [0.4, 0.5) is 0 Å². The Bertz CT molecular complexity index is 160. The number of hydrogen-bond acceptors (Lipinski definition) is 3. The highest BCUT2D eigenvalue weighted by atomic mass is 16.5. The van der Waals surface area contributed by atoms with E-state index in [1.165, 1.54) is 0 Å². The van der Waals surface area contributed by atoms with Crippen molar-refractivity contribution in [1.29, 1.82) is 0 Å². The predicted molar refractivity (Wildman–Crippen MR) is 39.8 cm³/mol. The van der Waals surface area contributed by atoms with Gasteiger partial charge in [0.25, 0.3) is 6.47 Å². The van der Waals surface area contributed by atoms with E-state index in [1.807, 2.05) is 0 Å². The molecule has 0 bridgehead atoms. The molecule has 0 aromatic carbocycles. The lowest BCUT2D eigenvalue weighted by molar-refractivity contribution is -0.133. The molecule has 0 heterocycles. The molecule has 1 N–H and O–H groups in total. The zero-order chi connectivity index (χ0) is 9.28. The summed E-state index contributed by atoms with van der Waals surface area (Å²) in [6, 6.07) is 0. The summed E-state index contributed by atoms with van der Waals surface area (Å²) in [7, 11) is 0. The van der Waals surface area contributed by atoms with Crippen LogP contribution in [0.1, 0.15) is 6.92 Å². The van der Waals surface area contributed by atoms with Crippen molar-refractivity contribution in [2.45, 2.75) is 6.92 Å². The van der Waals surface area contributed by atoms with Crippen molar-refractivity contribution < 1.29 is 19.4 Å². The molecule has 0 aromatic heterocycles. The van der Waals surface area contributed by atoms with Gasteiger partial charge < -0.3 is 9.84 Å². The van der Waals surface area contributed by atoms with Gasteiger partial charge in [0.05, 0.1) is 6.26 Å². The first kappa shape index (κ1) is 12.1. The third-order valence-corrected chi connectivity index (χ3v) is 0.539. The van der Waals surface area contributed by atoms with Crippen molar-refractivity contribution in [3.05, 3.63) is 25.0 Å². The van der Waals surface area contributed by atoms with Gasteiger partial charge in [0.2, 0.25) is 0 Å². The topological polar surface area (TPSA) is 63.6 Å². The van der Waals surface area contributed by atoms with Crippen molar-refractivity contribution in [2.24, 2.45) is 0 Å². The number of carbonyl (C=O) groups excluding carboxylic acids is 1. The predicted octanol–water partition coefficient (Wildman–Crippen LogP) is 0.950. The van der Waals surface area contributed by atoms with Gasteiger partial charge in [-0.3, -0.25) is 4.79 Å². The highest BCUT2D eigenvalue weighted by molar-refractivity contribution is 5.87. The standard InChI is InChI=1S/C6H8O2.CH2O2/c1-4-8-6(7)5(2)3;2-1-3/h4H,1-2H2,3H3;1H,(H,2,3). The SMILES string of the molecule is C=COC(=O)C(=C)C.O=CO. The summed E-state index contributed by atoms with van der Waals surface area (Å²) in [4.78, 5) is 18.7. The Morgan fingerprint density at radius 1 is 1.64 bits per heavy atom. The van der Waals surface area contributed by atoms with Crippen molar-refractivity contribution in [1.82, 2.24) is 0 Å². The molecular weight excluding hydrogens is 148 g/mol. The minimum absolute atomic E-state index is 0.250. The van der Waals surface area contributed by atoms with Crippen molar-refractivity contribution in [3.63, 3.8) is 0 Å². The Morgan fingerprint density at radius 3 is 2.09 bits per heavy atom. The molecule has 0 aliphatic heterocycles. The van der Waals surface area contributed by atoms with E-state index < -0.39 is 5.97 Å². The van der Waals surface area contributed by atoms with Crippen LogP contribution in [0.3, 0.4) is 0 Å². The van der Waals surface area contributed by atoms with Gasteiger partial charge in [-0.1, -0.05) is 13.2 Å². The molecule has 4 heteroatoms. The fourth-order valence-electron chi connectivity index (χ4n) is 0.176. The number of carbonyl (C=O) groups is 2. The molecule has 0 aliphatic rings. The molecule has 4 nitrogen and oxygen atoms in total. The molecule has 62 valence electrons.